The van der Waals surface area contributed by atoms with E-state index in [1.54, 1.807) is 0 Å². The maximum Gasteiger partial charge on any atom is 0.416 e. The Morgan fingerprint density at radius 2 is 1.83 bits per heavy atom. The largest absolute Gasteiger partial charge is 0.416 e. The van der Waals surface area contributed by atoms with Gasteiger partial charge in [0, 0.05) is 12.2 Å². The molecule has 1 aromatic rings. The van der Waals surface area contributed by atoms with E-state index in [9.17, 15) is 27.9 Å². The van der Waals surface area contributed by atoms with Crippen LogP contribution < -0.4 is 10.6 Å². The van der Waals surface area contributed by atoms with Crippen LogP contribution in [0.15, 0.2) is 18.2 Å². The molecule has 5 nitrogen and oxygen atoms in total. The quantitative estimate of drug-likeness (QED) is 0.717. The SMILES string of the molecule is Cc1ccc(C(F)(F)F)cc1NC(=O)C(=O)NCC(O)CC(C)C. The van der Waals surface area contributed by atoms with E-state index in [0.29, 0.717) is 12.0 Å². The Morgan fingerprint density at radius 3 is 2.38 bits per heavy atom. The Kier molecular flexibility index (Phi) is 6.77. The average molecular weight is 346 g/mol. The minimum atomic E-state index is -4.55. The van der Waals surface area contributed by atoms with Crippen molar-refractivity contribution in [3.63, 3.8) is 0 Å². The third-order valence-corrected chi connectivity index (χ3v) is 3.26. The van der Waals surface area contributed by atoms with Gasteiger partial charge in [0.2, 0.25) is 0 Å². The highest BCUT2D eigenvalue weighted by Crippen LogP contribution is 2.31. The van der Waals surface area contributed by atoms with Gasteiger partial charge in [0.25, 0.3) is 0 Å². The smallest absolute Gasteiger partial charge is 0.391 e. The van der Waals surface area contributed by atoms with Gasteiger partial charge in [-0.15, -0.1) is 0 Å². The summed E-state index contributed by atoms with van der Waals surface area (Å²) in [5.74, 6) is -1.89. The molecule has 2 amide bonds. The summed E-state index contributed by atoms with van der Waals surface area (Å²) in [7, 11) is 0. The van der Waals surface area contributed by atoms with Crippen LogP contribution in [0, 0.1) is 12.8 Å². The van der Waals surface area contributed by atoms with Crippen molar-refractivity contribution >= 4 is 17.5 Å². The second-order valence-corrected chi connectivity index (χ2v) is 5.97. The number of amides is 2. The van der Waals surface area contributed by atoms with E-state index < -0.39 is 29.7 Å². The summed E-state index contributed by atoms with van der Waals surface area (Å²) < 4.78 is 38.1. The van der Waals surface area contributed by atoms with Gasteiger partial charge in [0.15, 0.2) is 0 Å². The van der Waals surface area contributed by atoms with Crippen molar-refractivity contribution in [2.24, 2.45) is 5.92 Å². The first-order valence-corrected chi connectivity index (χ1v) is 7.45. The van der Waals surface area contributed by atoms with Crippen LogP contribution in [-0.2, 0) is 15.8 Å². The molecule has 0 aliphatic rings. The van der Waals surface area contributed by atoms with Crippen LogP contribution in [-0.4, -0.2) is 29.6 Å². The number of hydrogen-bond acceptors (Lipinski definition) is 3. The fourth-order valence-electron chi connectivity index (χ4n) is 2.03. The van der Waals surface area contributed by atoms with Gasteiger partial charge >= 0.3 is 18.0 Å². The fourth-order valence-corrected chi connectivity index (χ4v) is 2.03. The summed E-state index contributed by atoms with van der Waals surface area (Å²) in [4.78, 5) is 23.4. The van der Waals surface area contributed by atoms with E-state index in [1.165, 1.54) is 13.0 Å². The second-order valence-electron chi connectivity index (χ2n) is 5.97. The van der Waals surface area contributed by atoms with E-state index in [0.717, 1.165) is 12.1 Å². The Labute approximate surface area is 138 Å². The van der Waals surface area contributed by atoms with E-state index in [-0.39, 0.29) is 18.2 Å². The zero-order chi connectivity index (χ0) is 18.5. The normalized spacial score (nSPS) is 12.8. The molecule has 134 valence electrons. The number of rotatable bonds is 5. The highest BCUT2D eigenvalue weighted by molar-refractivity contribution is 6.39. The second kappa shape index (κ2) is 8.14. The number of aryl methyl sites for hydroxylation is 1. The highest BCUT2D eigenvalue weighted by atomic mass is 19.4. The molecule has 1 atom stereocenters. The number of carbonyl (C=O) groups is 2. The molecule has 0 saturated carbocycles. The molecule has 8 heteroatoms. The first kappa shape index (κ1) is 20.0. The van der Waals surface area contributed by atoms with Crippen LogP contribution in [0.1, 0.15) is 31.4 Å². The van der Waals surface area contributed by atoms with Crippen molar-refractivity contribution in [1.82, 2.24) is 5.32 Å². The lowest BCUT2D eigenvalue weighted by Crippen LogP contribution is -2.40. The van der Waals surface area contributed by atoms with Gasteiger partial charge in [-0.2, -0.15) is 13.2 Å². The maximum absolute atomic E-state index is 12.7. The van der Waals surface area contributed by atoms with Gasteiger partial charge in [-0.1, -0.05) is 19.9 Å². The third-order valence-electron chi connectivity index (χ3n) is 3.26. The fraction of sp³-hybridized carbons (Fsp3) is 0.500. The number of aliphatic hydroxyl groups is 1. The summed E-state index contributed by atoms with van der Waals surface area (Å²) in [5.41, 5.74) is -0.618. The standard InChI is InChI=1S/C16H21F3N2O3/c1-9(2)6-12(22)8-20-14(23)15(24)21-13-7-11(16(17,18)19)5-4-10(13)3/h4-5,7,9,12,22H,6,8H2,1-3H3,(H,20,23)(H,21,24). The van der Waals surface area contributed by atoms with E-state index in [4.69, 9.17) is 0 Å². The van der Waals surface area contributed by atoms with Gasteiger partial charge in [-0.05, 0) is 37.0 Å². The molecule has 0 spiro atoms. The summed E-state index contributed by atoms with van der Waals surface area (Å²) in [6.07, 6.45) is -4.89. The molecule has 0 aromatic heterocycles. The minimum Gasteiger partial charge on any atom is -0.391 e. The van der Waals surface area contributed by atoms with Crippen LogP contribution in [0.4, 0.5) is 18.9 Å². The van der Waals surface area contributed by atoms with Crippen LogP contribution >= 0.6 is 0 Å². The summed E-state index contributed by atoms with van der Waals surface area (Å²) in [5, 5.41) is 14.0. The monoisotopic (exact) mass is 346 g/mol. The van der Waals surface area contributed by atoms with Crippen molar-refractivity contribution in [2.45, 2.75) is 39.5 Å². The topological polar surface area (TPSA) is 78.4 Å². The zero-order valence-electron chi connectivity index (χ0n) is 13.7. The van der Waals surface area contributed by atoms with Crippen LogP contribution in [0.25, 0.3) is 0 Å². The Balaban J connectivity index is 2.69. The minimum absolute atomic E-state index is 0.0901. The van der Waals surface area contributed by atoms with Crippen molar-refractivity contribution in [2.75, 3.05) is 11.9 Å². The number of carbonyl (C=O) groups excluding carboxylic acids is 2. The molecule has 0 saturated heterocycles. The first-order valence-electron chi connectivity index (χ1n) is 7.45. The molecule has 0 radical (unpaired) electrons. The predicted molar refractivity (Wildman–Crippen MR) is 83.3 cm³/mol. The van der Waals surface area contributed by atoms with E-state index in [2.05, 4.69) is 10.6 Å². The zero-order valence-corrected chi connectivity index (χ0v) is 13.7. The lowest BCUT2D eigenvalue weighted by atomic mass is 10.1. The Hall–Kier alpha value is -2.09. The average Bonchev–Trinajstić information content (AvgIpc) is 2.45. The number of halogens is 3. The molecule has 0 heterocycles. The number of nitrogens with one attached hydrogen (secondary N) is 2. The molecular formula is C16H21F3N2O3. The number of anilines is 1. The molecule has 1 rings (SSSR count). The Bertz CT molecular complexity index is 601. The molecule has 0 fully saturated rings. The van der Waals surface area contributed by atoms with Gasteiger partial charge in [0.05, 0.1) is 11.7 Å². The summed E-state index contributed by atoms with van der Waals surface area (Å²) in [6, 6.07) is 2.88. The van der Waals surface area contributed by atoms with Crippen LogP contribution in [0.3, 0.4) is 0 Å². The third kappa shape index (κ3) is 6.19. The number of aliphatic hydroxyl groups excluding tert-OH is 1. The molecule has 1 aromatic carbocycles. The molecule has 0 aliphatic heterocycles. The molecule has 0 aliphatic carbocycles. The van der Waals surface area contributed by atoms with Crippen molar-refractivity contribution in [3.05, 3.63) is 29.3 Å². The highest BCUT2D eigenvalue weighted by Gasteiger charge is 2.31. The van der Waals surface area contributed by atoms with Crippen molar-refractivity contribution < 1.29 is 27.9 Å². The van der Waals surface area contributed by atoms with E-state index >= 15 is 0 Å². The van der Waals surface area contributed by atoms with Gasteiger partial charge in [0.1, 0.15) is 0 Å². The van der Waals surface area contributed by atoms with E-state index in [1.807, 2.05) is 13.8 Å². The molecule has 3 N–H and O–H groups in total. The lowest BCUT2D eigenvalue weighted by Gasteiger charge is -2.15. The van der Waals surface area contributed by atoms with Crippen LogP contribution in [0.5, 0.6) is 0 Å². The van der Waals surface area contributed by atoms with Gasteiger partial charge in [-0.3, -0.25) is 9.59 Å². The number of benzene rings is 1. The predicted octanol–water partition coefficient (Wildman–Crippen LogP) is 2.48. The summed E-state index contributed by atoms with van der Waals surface area (Å²) in [6.45, 7) is 5.20. The van der Waals surface area contributed by atoms with Crippen molar-refractivity contribution in [1.29, 1.82) is 0 Å². The number of alkyl halides is 3. The number of hydrogen-bond donors (Lipinski definition) is 3. The molecular weight excluding hydrogens is 325 g/mol. The van der Waals surface area contributed by atoms with Gasteiger partial charge in [-0.25, -0.2) is 0 Å². The molecule has 24 heavy (non-hydrogen) atoms. The maximum atomic E-state index is 12.7. The molecule has 0 bridgehead atoms. The van der Waals surface area contributed by atoms with Crippen molar-refractivity contribution in [3.8, 4) is 0 Å². The van der Waals surface area contributed by atoms with Crippen LogP contribution in [0.2, 0.25) is 0 Å². The molecule has 1 unspecified atom stereocenters. The lowest BCUT2D eigenvalue weighted by molar-refractivity contribution is -0.137. The summed E-state index contributed by atoms with van der Waals surface area (Å²) >= 11 is 0. The first-order chi connectivity index (χ1) is 11.0. The van der Waals surface area contributed by atoms with Gasteiger partial charge < -0.3 is 15.7 Å². The Morgan fingerprint density at radius 1 is 1.21 bits per heavy atom.